The number of benzene rings is 1. The SMILES string of the molecule is CC(C=O)(CN1CCCCCCC1)c1ccccc1. The Labute approximate surface area is 116 Å². The Bertz CT molecular complexity index is 382. The minimum absolute atomic E-state index is 0.375. The first kappa shape index (κ1) is 14.3. The van der Waals surface area contributed by atoms with E-state index in [4.69, 9.17) is 0 Å². The summed E-state index contributed by atoms with van der Waals surface area (Å²) < 4.78 is 0. The van der Waals surface area contributed by atoms with Gasteiger partial charge in [-0.2, -0.15) is 0 Å². The van der Waals surface area contributed by atoms with Crippen molar-refractivity contribution in [2.24, 2.45) is 0 Å². The van der Waals surface area contributed by atoms with Crippen molar-refractivity contribution in [3.05, 3.63) is 35.9 Å². The highest BCUT2D eigenvalue weighted by Gasteiger charge is 2.28. The van der Waals surface area contributed by atoms with Crippen LogP contribution in [-0.4, -0.2) is 30.8 Å². The predicted octanol–water partition coefficient (Wildman–Crippen LogP) is 3.41. The summed E-state index contributed by atoms with van der Waals surface area (Å²) in [5.41, 5.74) is 0.757. The van der Waals surface area contributed by atoms with Gasteiger partial charge in [-0.05, 0) is 38.4 Å². The number of nitrogens with zero attached hydrogens (tertiary/aromatic N) is 1. The van der Waals surface area contributed by atoms with Crippen molar-refractivity contribution in [1.82, 2.24) is 4.90 Å². The van der Waals surface area contributed by atoms with Gasteiger partial charge in [0.25, 0.3) is 0 Å². The summed E-state index contributed by atoms with van der Waals surface area (Å²) in [5.74, 6) is 0. The molecule has 1 unspecified atom stereocenters. The highest BCUT2D eigenvalue weighted by molar-refractivity contribution is 5.68. The van der Waals surface area contributed by atoms with Crippen molar-refractivity contribution in [3.63, 3.8) is 0 Å². The summed E-state index contributed by atoms with van der Waals surface area (Å²) in [4.78, 5) is 14.1. The van der Waals surface area contributed by atoms with Gasteiger partial charge in [-0.25, -0.2) is 0 Å². The molecule has 0 spiro atoms. The third kappa shape index (κ3) is 3.90. The molecule has 0 saturated carbocycles. The summed E-state index contributed by atoms with van der Waals surface area (Å²) in [7, 11) is 0. The van der Waals surface area contributed by atoms with Gasteiger partial charge in [-0.1, -0.05) is 49.6 Å². The highest BCUT2D eigenvalue weighted by atomic mass is 16.1. The van der Waals surface area contributed by atoms with Crippen LogP contribution in [0.3, 0.4) is 0 Å². The van der Waals surface area contributed by atoms with Crippen molar-refractivity contribution < 1.29 is 4.79 Å². The Morgan fingerprint density at radius 1 is 1.05 bits per heavy atom. The molecule has 0 aliphatic carbocycles. The van der Waals surface area contributed by atoms with E-state index in [0.717, 1.165) is 31.5 Å². The van der Waals surface area contributed by atoms with E-state index in [9.17, 15) is 4.79 Å². The molecule has 1 aliphatic heterocycles. The first-order valence-electron chi connectivity index (χ1n) is 7.49. The minimum atomic E-state index is -0.375. The molecule has 1 aliphatic rings. The summed E-state index contributed by atoms with van der Waals surface area (Å²) >= 11 is 0. The average Bonchev–Trinajstić information content (AvgIpc) is 2.42. The fraction of sp³-hybridized carbons (Fsp3) is 0.588. The van der Waals surface area contributed by atoms with Gasteiger partial charge in [-0.15, -0.1) is 0 Å². The van der Waals surface area contributed by atoms with E-state index in [1.807, 2.05) is 18.2 Å². The number of carbonyl (C=O) groups is 1. The van der Waals surface area contributed by atoms with Crippen molar-refractivity contribution in [2.45, 2.75) is 44.4 Å². The second-order valence-corrected chi connectivity index (χ2v) is 5.95. The molecule has 2 heteroatoms. The van der Waals surface area contributed by atoms with Gasteiger partial charge in [0.2, 0.25) is 0 Å². The maximum absolute atomic E-state index is 11.6. The lowest BCUT2D eigenvalue weighted by Gasteiger charge is -2.33. The Morgan fingerprint density at radius 3 is 2.21 bits per heavy atom. The van der Waals surface area contributed by atoms with Gasteiger partial charge in [0.05, 0.1) is 5.41 Å². The molecule has 1 heterocycles. The lowest BCUT2D eigenvalue weighted by molar-refractivity contribution is -0.112. The molecule has 1 aromatic carbocycles. The number of carbonyl (C=O) groups excluding carboxylic acids is 1. The second kappa shape index (κ2) is 6.85. The van der Waals surface area contributed by atoms with Crippen LogP contribution in [0.1, 0.15) is 44.6 Å². The minimum Gasteiger partial charge on any atom is -0.302 e. The number of likely N-dealkylation sites (tertiary alicyclic amines) is 1. The largest absolute Gasteiger partial charge is 0.302 e. The molecule has 19 heavy (non-hydrogen) atoms. The molecule has 0 aromatic heterocycles. The number of aldehydes is 1. The molecular weight excluding hydrogens is 234 g/mol. The van der Waals surface area contributed by atoms with Crippen LogP contribution < -0.4 is 0 Å². The topological polar surface area (TPSA) is 20.3 Å². The standard InChI is InChI=1S/C17H25NO/c1-17(15-19,16-10-6-5-7-11-16)14-18-12-8-3-2-4-9-13-18/h5-7,10-11,15H,2-4,8-9,12-14H2,1H3. The summed E-state index contributed by atoms with van der Waals surface area (Å²) in [6.45, 7) is 5.18. The third-order valence-corrected chi connectivity index (χ3v) is 4.19. The van der Waals surface area contributed by atoms with Gasteiger partial charge in [0, 0.05) is 6.54 Å². The Morgan fingerprint density at radius 2 is 1.63 bits per heavy atom. The van der Waals surface area contributed by atoms with Gasteiger partial charge >= 0.3 is 0 Å². The van der Waals surface area contributed by atoms with Crippen LogP contribution in [0, 0.1) is 0 Å². The molecule has 1 fully saturated rings. The molecule has 2 nitrogen and oxygen atoms in total. The van der Waals surface area contributed by atoms with Crippen LogP contribution in [0.2, 0.25) is 0 Å². The van der Waals surface area contributed by atoms with E-state index in [1.165, 1.54) is 32.1 Å². The quantitative estimate of drug-likeness (QED) is 0.772. The second-order valence-electron chi connectivity index (χ2n) is 5.95. The van der Waals surface area contributed by atoms with Crippen molar-refractivity contribution in [2.75, 3.05) is 19.6 Å². The maximum Gasteiger partial charge on any atom is 0.131 e. The lowest BCUT2D eigenvalue weighted by atomic mass is 9.83. The van der Waals surface area contributed by atoms with Gasteiger partial charge < -0.3 is 9.69 Å². The van der Waals surface area contributed by atoms with E-state index in [1.54, 1.807) is 0 Å². The van der Waals surface area contributed by atoms with Crippen LogP contribution >= 0.6 is 0 Å². The van der Waals surface area contributed by atoms with Gasteiger partial charge in [0.1, 0.15) is 6.29 Å². The summed E-state index contributed by atoms with van der Waals surface area (Å²) in [6.07, 6.45) is 7.70. The van der Waals surface area contributed by atoms with Crippen molar-refractivity contribution in [1.29, 1.82) is 0 Å². The van der Waals surface area contributed by atoms with Crippen LogP contribution in [0.15, 0.2) is 30.3 Å². The summed E-state index contributed by atoms with van der Waals surface area (Å²) in [6, 6.07) is 10.2. The van der Waals surface area contributed by atoms with Crippen LogP contribution in [0.5, 0.6) is 0 Å². The van der Waals surface area contributed by atoms with E-state index in [-0.39, 0.29) is 5.41 Å². The monoisotopic (exact) mass is 259 g/mol. The normalized spacial score (nSPS) is 21.1. The lowest BCUT2D eigenvalue weighted by Crippen LogP contribution is -2.41. The summed E-state index contributed by atoms with van der Waals surface area (Å²) in [5, 5.41) is 0. The van der Waals surface area contributed by atoms with Crippen LogP contribution in [-0.2, 0) is 10.2 Å². The molecule has 1 saturated heterocycles. The molecule has 0 N–H and O–H groups in total. The third-order valence-electron chi connectivity index (χ3n) is 4.19. The van der Waals surface area contributed by atoms with Gasteiger partial charge in [-0.3, -0.25) is 0 Å². The molecular formula is C17H25NO. The van der Waals surface area contributed by atoms with Gasteiger partial charge in [0.15, 0.2) is 0 Å². The maximum atomic E-state index is 11.6. The average molecular weight is 259 g/mol. The first-order valence-corrected chi connectivity index (χ1v) is 7.49. The molecule has 2 rings (SSSR count). The highest BCUT2D eigenvalue weighted by Crippen LogP contribution is 2.24. The van der Waals surface area contributed by atoms with Crippen molar-refractivity contribution >= 4 is 6.29 Å². The Hall–Kier alpha value is -1.15. The number of hydrogen-bond acceptors (Lipinski definition) is 2. The van der Waals surface area contributed by atoms with Crippen molar-refractivity contribution in [3.8, 4) is 0 Å². The molecule has 0 amide bonds. The predicted molar refractivity (Wildman–Crippen MR) is 79.4 cm³/mol. The zero-order chi connectivity index (χ0) is 13.6. The molecule has 0 radical (unpaired) electrons. The zero-order valence-electron chi connectivity index (χ0n) is 12.0. The van der Waals surface area contributed by atoms with E-state index in [2.05, 4.69) is 24.0 Å². The molecule has 104 valence electrons. The number of hydrogen-bond donors (Lipinski definition) is 0. The first-order chi connectivity index (χ1) is 9.24. The van der Waals surface area contributed by atoms with E-state index < -0.39 is 0 Å². The molecule has 1 aromatic rings. The van der Waals surface area contributed by atoms with E-state index >= 15 is 0 Å². The Balaban J connectivity index is 2.06. The van der Waals surface area contributed by atoms with Crippen LogP contribution in [0.4, 0.5) is 0 Å². The fourth-order valence-electron chi connectivity index (χ4n) is 2.95. The smallest absolute Gasteiger partial charge is 0.131 e. The van der Waals surface area contributed by atoms with Crippen LogP contribution in [0.25, 0.3) is 0 Å². The van der Waals surface area contributed by atoms with E-state index in [0.29, 0.717) is 0 Å². The fourth-order valence-corrected chi connectivity index (χ4v) is 2.95. The molecule has 0 bridgehead atoms. The molecule has 1 atom stereocenters. The Kier molecular flexibility index (Phi) is 5.15. The number of rotatable bonds is 4. The zero-order valence-corrected chi connectivity index (χ0v) is 12.0.